The summed E-state index contributed by atoms with van der Waals surface area (Å²) in [6.07, 6.45) is 1.66. The van der Waals surface area contributed by atoms with Crippen LogP contribution in [0.5, 0.6) is 5.75 Å². The van der Waals surface area contributed by atoms with Crippen LogP contribution >= 0.6 is 0 Å². The minimum atomic E-state index is -2.56. The van der Waals surface area contributed by atoms with Gasteiger partial charge in [-0.05, 0) is 49.4 Å². The first-order valence-electron chi connectivity index (χ1n) is 11.1. The van der Waals surface area contributed by atoms with Crippen LogP contribution in [0.3, 0.4) is 0 Å². The van der Waals surface area contributed by atoms with Crippen molar-refractivity contribution in [3.8, 4) is 5.75 Å². The largest absolute Gasteiger partial charge is 0.496 e. The zero-order valence-electron chi connectivity index (χ0n) is 18.2. The molecule has 5 nitrogen and oxygen atoms in total. The summed E-state index contributed by atoms with van der Waals surface area (Å²) in [5.74, 6) is -2.23. The number of imide groups is 1. The number of halogens is 2. The van der Waals surface area contributed by atoms with Gasteiger partial charge < -0.3 is 4.74 Å². The monoisotopic (exact) mass is 440 g/mol. The predicted octanol–water partition coefficient (Wildman–Crippen LogP) is 4.64. The van der Waals surface area contributed by atoms with Gasteiger partial charge in [-0.1, -0.05) is 24.3 Å². The molecule has 2 aliphatic heterocycles. The Morgan fingerprint density at radius 2 is 1.72 bits per heavy atom. The van der Waals surface area contributed by atoms with Gasteiger partial charge in [0.05, 0.1) is 30.8 Å². The molecule has 1 saturated carbocycles. The molecule has 3 aliphatic rings. The number of rotatable bonds is 5. The number of likely N-dealkylation sites (tertiary alicyclic amines) is 1. The number of hydrogen-bond donors (Lipinski definition) is 0. The Kier molecular flexibility index (Phi) is 5.04. The Balaban J connectivity index is 1.32. The van der Waals surface area contributed by atoms with Gasteiger partial charge in [0.15, 0.2) is 0 Å². The summed E-state index contributed by atoms with van der Waals surface area (Å²) in [5.41, 5.74) is 2.71. The minimum Gasteiger partial charge on any atom is -0.496 e. The first-order valence-corrected chi connectivity index (χ1v) is 11.1. The summed E-state index contributed by atoms with van der Waals surface area (Å²) in [4.78, 5) is 28.9. The van der Waals surface area contributed by atoms with E-state index in [9.17, 15) is 18.4 Å². The van der Waals surface area contributed by atoms with Crippen molar-refractivity contribution in [3.05, 3.63) is 64.7 Å². The van der Waals surface area contributed by atoms with Gasteiger partial charge in [0.1, 0.15) is 5.75 Å². The Bertz CT molecular complexity index is 1050. The van der Waals surface area contributed by atoms with E-state index in [1.165, 1.54) is 4.90 Å². The minimum absolute atomic E-state index is 0.0492. The number of nitrogens with zero attached hydrogens (tertiary/aromatic N) is 2. The molecule has 2 fully saturated rings. The summed E-state index contributed by atoms with van der Waals surface area (Å²) in [6.45, 7) is 2.15. The van der Waals surface area contributed by atoms with E-state index >= 15 is 0 Å². The van der Waals surface area contributed by atoms with E-state index in [1.54, 1.807) is 31.4 Å². The summed E-state index contributed by atoms with van der Waals surface area (Å²) in [5, 5.41) is 0. The molecule has 2 amide bonds. The maximum atomic E-state index is 13.5. The van der Waals surface area contributed by atoms with Gasteiger partial charge in [-0.25, -0.2) is 8.78 Å². The Hall–Kier alpha value is -2.80. The van der Waals surface area contributed by atoms with Gasteiger partial charge in [-0.2, -0.15) is 0 Å². The zero-order valence-corrected chi connectivity index (χ0v) is 18.2. The molecular formula is C25H26F2N2O3. The number of amides is 2. The standard InChI is InChI=1S/C25H26F2N2O3/c1-15(29-23(30)20-5-3-4-6-21(20)24(29)31)19-8-7-16(13-22(19)32-2)17-11-18(12-17)28-10-9-25(26,27)14-28/h3-8,13,15,17-18H,9-12,14H2,1-2H3/t15-,17?,18?/m0/s1. The molecular weight excluding hydrogens is 414 g/mol. The molecule has 32 heavy (non-hydrogen) atoms. The molecule has 1 saturated heterocycles. The van der Waals surface area contributed by atoms with Crippen molar-refractivity contribution in [2.75, 3.05) is 20.2 Å². The van der Waals surface area contributed by atoms with Gasteiger partial charge >= 0.3 is 0 Å². The van der Waals surface area contributed by atoms with Crippen LogP contribution in [0.15, 0.2) is 42.5 Å². The molecule has 1 aliphatic carbocycles. The first-order chi connectivity index (χ1) is 15.3. The lowest BCUT2D eigenvalue weighted by atomic mass is 9.75. The lowest BCUT2D eigenvalue weighted by molar-refractivity contribution is 0.000637. The molecule has 0 bridgehead atoms. The average Bonchev–Trinajstić information content (AvgIpc) is 3.23. The second-order valence-corrected chi connectivity index (χ2v) is 9.10. The Labute approximate surface area is 186 Å². The zero-order chi connectivity index (χ0) is 22.6. The van der Waals surface area contributed by atoms with Gasteiger partial charge in [0.2, 0.25) is 0 Å². The second kappa shape index (κ2) is 7.66. The molecule has 0 unspecified atom stereocenters. The molecule has 0 spiro atoms. The average molecular weight is 440 g/mol. The van der Waals surface area contributed by atoms with Crippen molar-refractivity contribution in [2.45, 2.75) is 50.1 Å². The molecule has 0 radical (unpaired) electrons. The third-order valence-corrected chi connectivity index (χ3v) is 7.22. The third-order valence-electron chi connectivity index (χ3n) is 7.22. The highest BCUT2D eigenvalue weighted by atomic mass is 19.3. The van der Waals surface area contributed by atoms with E-state index in [-0.39, 0.29) is 30.8 Å². The van der Waals surface area contributed by atoms with Crippen LogP contribution in [0.1, 0.15) is 70.0 Å². The van der Waals surface area contributed by atoms with Crippen molar-refractivity contribution < 1.29 is 23.1 Å². The highest BCUT2D eigenvalue weighted by Gasteiger charge is 2.45. The van der Waals surface area contributed by atoms with E-state index in [0.717, 1.165) is 24.0 Å². The van der Waals surface area contributed by atoms with Gasteiger partial charge in [-0.15, -0.1) is 0 Å². The predicted molar refractivity (Wildman–Crippen MR) is 115 cm³/mol. The first kappa shape index (κ1) is 21.1. The molecule has 168 valence electrons. The topological polar surface area (TPSA) is 49.9 Å². The summed E-state index contributed by atoms with van der Waals surface area (Å²) in [6, 6.07) is 12.5. The lowest BCUT2D eigenvalue weighted by Crippen LogP contribution is -2.43. The number of fused-ring (bicyclic) bond motifs is 1. The van der Waals surface area contributed by atoms with E-state index < -0.39 is 12.0 Å². The normalized spacial score (nSPS) is 25.6. The van der Waals surface area contributed by atoms with Crippen molar-refractivity contribution in [1.29, 1.82) is 0 Å². The van der Waals surface area contributed by atoms with Crippen molar-refractivity contribution >= 4 is 11.8 Å². The van der Waals surface area contributed by atoms with Crippen LogP contribution in [0.4, 0.5) is 8.78 Å². The fraction of sp³-hybridized carbons (Fsp3) is 0.440. The Morgan fingerprint density at radius 3 is 2.28 bits per heavy atom. The molecule has 2 aromatic rings. The lowest BCUT2D eigenvalue weighted by Gasteiger charge is -2.41. The highest BCUT2D eigenvalue weighted by molar-refractivity contribution is 6.21. The van der Waals surface area contributed by atoms with Crippen molar-refractivity contribution in [1.82, 2.24) is 9.80 Å². The fourth-order valence-electron chi connectivity index (χ4n) is 5.26. The number of carbonyl (C=O) groups excluding carboxylic acids is 2. The van der Waals surface area contributed by atoms with E-state index in [4.69, 9.17) is 4.74 Å². The molecule has 0 N–H and O–H groups in total. The van der Waals surface area contributed by atoms with Gasteiger partial charge in [0, 0.05) is 24.6 Å². The molecule has 1 atom stereocenters. The third kappa shape index (κ3) is 3.39. The van der Waals surface area contributed by atoms with Crippen LogP contribution in [0.2, 0.25) is 0 Å². The molecule has 5 rings (SSSR count). The van der Waals surface area contributed by atoms with Crippen LogP contribution < -0.4 is 4.74 Å². The number of methoxy groups -OCH3 is 1. The number of alkyl halides is 2. The second-order valence-electron chi connectivity index (χ2n) is 9.10. The number of benzene rings is 2. The van der Waals surface area contributed by atoms with Crippen molar-refractivity contribution in [2.24, 2.45) is 0 Å². The quantitative estimate of drug-likeness (QED) is 0.636. The van der Waals surface area contributed by atoms with E-state index in [2.05, 4.69) is 0 Å². The molecule has 2 aromatic carbocycles. The van der Waals surface area contributed by atoms with Gasteiger partial charge in [0.25, 0.3) is 17.7 Å². The Morgan fingerprint density at radius 1 is 1.06 bits per heavy atom. The smallest absolute Gasteiger partial charge is 0.262 e. The van der Waals surface area contributed by atoms with Crippen LogP contribution in [-0.4, -0.2) is 53.8 Å². The van der Waals surface area contributed by atoms with E-state index in [1.807, 2.05) is 30.0 Å². The maximum Gasteiger partial charge on any atom is 0.262 e. The molecule has 2 heterocycles. The fourth-order valence-corrected chi connectivity index (χ4v) is 5.26. The molecule has 7 heteroatoms. The van der Waals surface area contributed by atoms with Crippen LogP contribution in [-0.2, 0) is 0 Å². The van der Waals surface area contributed by atoms with Crippen molar-refractivity contribution in [3.63, 3.8) is 0 Å². The van der Waals surface area contributed by atoms with Crippen LogP contribution in [0.25, 0.3) is 0 Å². The summed E-state index contributed by atoms with van der Waals surface area (Å²) in [7, 11) is 1.58. The summed E-state index contributed by atoms with van der Waals surface area (Å²) < 4.78 is 32.7. The maximum absolute atomic E-state index is 13.5. The number of hydrogen-bond acceptors (Lipinski definition) is 4. The van der Waals surface area contributed by atoms with Crippen LogP contribution in [0, 0.1) is 0 Å². The van der Waals surface area contributed by atoms with E-state index in [0.29, 0.717) is 29.3 Å². The SMILES string of the molecule is COc1cc(C2CC(N3CCC(F)(F)C3)C2)ccc1[C@H](C)N1C(=O)c2ccccc2C1=O. The van der Waals surface area contributed by atoms with Gasteiger partial charge in [-0.3, -0.25) is 19.4 Å². The highest BCUT2D eigenvalue weighted by Crippen LogP contribution is 2.44. The number of carbonyl (C=O) groups is 2. The number of ether oxygens (including phenoxy) is 1. The molecule has 0 aromatic heterocycles. The summed E-state index contributed by atoms with van der Waals surface area (Å²) >= 11 is 0.